The molecule has 1 fully saturated rings. The minimum Gasteiger partial charge on any atom is -0.493 e. The number of fused-ring (bicyclic) bond motifs is 1. The zero-order chi connectivity index (χ0) is 13.1. The van der Waals surface area contributed by atoms with Gasteiger partial charge in [0.05, 0.1) is 6.61 Å². The summed E-state index contributed by atoms with van der Waals surface area (Å²) >= 11 is 0. The fraction of sp³-hybridized carbons (Fsp3) is 0.625. The number of hydrogen-bond donors (Lipinski definition) is 1. The molecule has 2 aliphatic rings. The Labute approximate surface area is 115 Å². The fourth-order valence-corrected chi connectivity index (χ4v) is 3.18. The van der Waals surface area contributed by atoms with Gasteiger partial charge >= 0.3 is 0 Å². The first-order chi connectivity index (χ1) is 9.34. The second-order valence-corrected chi connectivity index (χ2v) is 5.73. The minimum atomic E-state index is 0.454. The molecule has 0 saturated carbocycles. The lowest BCUT2D eigenvalue weighted by atomic mass is 10.0. The Morgan fingerprint density at radius 1 is 1.32 bits per heavy atom. The van der Waals surface area contributed by atoms with Crippen LogP contribution in [0.1, 0.15) is 37.8 Å². The van der Waals surface area contributed by atoms with Gasteiger partial charge in [0, 0.05) is 30.6 Å². The van der Waals surface area contributed by atoms with E-state index in [4.69, 9.17) is 4.74 Å². The topological polar surface area (TPSA) is 24.5 Å². The Kier molecular flexibility index (Phi) is 4.04. The van der Waals surface area contributed by atoms with E-state index in [1.165, 1.54) is 31.5 Å². The van der Waals surface area contributed by atoms with Crippen LogP contribution in [0.2, 0.25) is 0 Å². The van der Waals surface area contributed by atoms with E-state index in [-0.39, 0.29) is 0 Å². The van der Waals surface area contributed by atoms with Crippen molar-refractivity contribution < 1.29 is 4.74 Å². The SMILES string of the molecule is CC(CNC1CCOc2ccccc21)N1CCCC1. The van der Waals surface area contributed by atoms with Crippen molar-refractivity contribution in [2.75, 3.05) is 26.2 Å². The first-order valence-electron chi connectivity index (χ1n) is 7.54. The Bertz CT molecular complexity index is 415. The molecule has 3 nitrogen and oxygen atoms in total. The van der Waals surface area contributed by atoms with Crippen molar-refractivity contribution in [3.63, 3.8) is 0 Å². The van der Waals surface area contributed by atoms with Gasteiger partial charge < -0.3 is 10.1 Å². The van der Waals surface area contributed by atoms with Crippen LogP contribution in [0.15, 0.2) is 24.3 Å². The van der Waals surface area contributed by atoms with E-state index >= 15 is 0 Å². The summed E-state index contributed by atoms with van der Waals surface area (Å²) in [5.41, 5.74) is 1.32. The van der Waals surface area contributed by atoms with Gasteiger partial charge in [0.1, 0.15) is 5.75 Å². The second kappa shape index (κ2) is 5.93. The summed E-state index contributed by atoms with van der Waals surface area (Å²) in [7, 11) is 0. The summed E-state index contributed by atoms with van der Waals surface area (Å²) < 4.78 is 5.71. The smallest absolute Gasteiger partial charge is 0.124 e. The van der Waals surface area contributed by atoms with Crippen LogP contribution in [0.3, 0.4) is 0 Å². The van der Waals surface area contributed by atoms with Crippen molar-refractivity contribution in [3.05, 3.63) is 29.8 Å². The Morgan fingerprint density at radius 2 is 2.11 bits per heavy atom. The summed E-state index contributed by atoms with van der Waals surface area (Å²) in [4.78, 5) is 2.60. The van der Waals surface area contributed by atoms with Crippen LogP contribution in [-0.4, -0.2) is 37.2 Å². The predicted octanol–water partition coefficient (Wildman–Crippen LogP) is 2.58. The lowest BCUT2D eigenvalue weighted by molar-refractivity contribution is 0.221. The molecular formula is C16H24N2O. The molecule has 1 N–H and O–H groups in total. The molecule has 0 amide bonds. The van der Waals surface area contributed by atoms with Crippen molar-refractivity contribution in [2.45, 2.75) is 38.3 Å². The number of ether oxygens (including phenoxy) is 1. The average Bonchev–Trinajstić information content (AvgIpc) is 2.99. The number of rotatable bonds is 4. The molecule has 0 aliphatic carbocycles. The number of para-hydroxylation sites is 1. The highest BCUT2D eigenvalue weighted by Gasteiger charge is 2.23. The van der Waals surface area contributed by atoms with E-state index in [1.54, 1.807) is 0 Å². The van der Waals surface area contributed by atoms with Gasteiger partial charge in [-0.15, -0.1) is 0 Å². The van der Waals surface area contributed by atoms with Crippen molar-refractivity contribution >= 4 is 0 Å². The van der Waals surface area contributed by atoms with Gasteiger partial charge in [-0.2, -0.15) is 0 Å². The largest absolute Gasteiger partial charge is 0.493 e. The third-order valence-corrected chi connectivity index (χ3v) is 4.38. The molecule has 3 rings (SSSR count). The van der Waals surface area contributed by atoms with Crippen LogP contribution in [0, 0.1) is 0 Å². The average molecular weight is 260 g/mol. The summed E-state index contributed by atoms with van der Waals surface area (Å²) in [6, 6.07) is 9.51. The number of benzene rings is 1. The van der Waals surface area contributed by atoms with Gasteiger partial charge in [-0.05, 0) is 38.9 Å². The van der Waals surface area contributed by atoms with Crippen LogP contribution in [0.4, 0.5) is 0 Å². The lowest BCUT2D eigenvalue weighted by Crippen LogP contribution is -2.40. The third kappa shape index (κ3) is 2.93. The molecule has 0 aromatic heterocycles. The summed E-state index contributed by atoms with van der Waals surface area (Å²) in [5, 5.41) is 3.73. The van der Waals surface area contributed by atoms with E-state index < -0.39 is 0 Å². The Hall–Kier alpha value is -1.06. The van der Waals surface area contributed by atoms with Gasteiger partial charge in [0.2, 0.25) is 0 Å². The molecular weight excluding hydrogens is 236 g/mol. The fourth-order valence-electron chi connectivity index (χ4n) is 3.18. The van der Waals surface area contributed by atoms with E-state index in [1.807, 2.05) is 6.07 Å². The first-order valence-corrected chi connectivity index (χ1v) is 7.54. The molecule has 104 valence electrons. The number of nitrogens with one attached hydrogen (secondary N) is 1. The van der Waals surface area contributed by atoms with Gasteiger partial charge in [-0.1, -0.05) is 18.2 Å². The molecule has 2 heterocycles. The Morgan fingerprint density at radius 3 is 2.95 bits per heavy atom. The molecule has 0 bridgehead atoms. The lowest BCUT2D eigenvalue weighted by Gasteiger charge is -2.30. The zero-order valence-electron chi connectivity index (χ0n) is 11.8. The summed E-state index contributed by atoms with van der Waals surface area (Å²) in [6.45, 7) is 6.77. The molecule has 0 spiro atoms. The van der Waals surface area contributed by atoms with Gasteiger partial charge in [-0.3, -0.25) is 4.90 Å². The molecule has 1 aromatic rings. The first kappa shape index (κ1) is 12.9. The standard InChI is InChI=1S/C16H24N2O/c1-13(18-9-4-5-10-18)12-17-15-8-11-19-16-7-3-2-6-14(15)16/h2-3,6-7,13,15,17H,4-5,8-12H2,1H3. The highest BCUT2D eigenvalue weighted by atomic mass is 16.5. The van der Waals surface area contributed by atoms with E-state index in [0.717, 1.165) is 25.3 Å². The highest BCUT2D eigenvalue weighted by Crippen LogP contribution is 2.31. The summed E-state index contributed by atoms with van der Waals surface area (Å²) in [5.74, 6) is 1.06. The van der Waals surface area contributed by atoms with E-state index in [2.05, 4.69) is 35.3 Å². The molecule has 0 radical (unpaired) electrons. The molecule has 19 heavy (non-hydrogen) atoms. The molecule has 3 heteroatoms. The monoisotopic (exact) mass is 260 g/mol. The zero-order valence-corrected chi connectivity index (χ0v) is 11.8. The van der Waals surface area contributed by atoms with Gasteiger partial charge in [0.15, 0.2) is 0 Å². The highest BCUT2D eigenvalue weighted by molar-refractivity contribution is 5.37. The number of likely N-dealkylation sites (tertiary alicyclic amines) is 1. The van der Waals surface area contributed by atoms with Crippen molar-refractivity contribution in [1.82, 2.24) is 10.2 Å². The van der Waals surface area contributed by atoms with E-state index in [0.29, 0.717) is 12.1 Å². The molecule has 2 unspecified atom stereocenters. The predicted molar refractivity (Wildman–Crippen MR) is 77.6 cm³/mol. The van der Waals surface area contributed by atoms with Crippen LogP contribution in [0.5, 0.6) is 5.75 Å². The van der Waals surface area contributed by atoms with E-state index in [9.17, 15) is 0 Å². The third-order valence-electron chi connectivity index (χ3n) is 4.38. The molecule has 2 aliphatic heterocycles. The quantitative estimate of drug-likeness (QED) is 0.900. The van der Waals surface area contributed by atoms with Crippen LogP contribution in [-0.2, 0) is 0 Å². The maximum atomic E-state index is 5.71. The minimum absolute atomic E-state index is 0.454. The van der Waals surface area contributed by atoms with Crippen LogP contribution < -0.4 is 10.1 Å². The maximum Gasteiger partial charge on any atom is 0.124 e. The van der Waals surface area contributed by atoms with Crippen LogP contribution >= 0.6 is 0 Å². The summed E-state index contributed by atoms with van der Waals surface area (Å²) in [6.07, 6.45) is 3.80. The maximum absolute atomic E-state index is 5.71. The van der Waals surface area contributed by atoms with Gasteiger partial charge in [-0.25, -0.2) is 0 Å². The second-order valence-electron chi connectivity index (χ2n) is 5.73. The molecule has 1 aromatic carbocycles. The van der Waals surface area contributed by atoms with Crippen molar-refractivity contribution in [1.29, 1.82) is 0 Å². The Balaban J connectivity index is 1.58. The number of hydrogen-bond acceptors (Lipinski definition) is 3. The van der Waals surface area contributed by atoms with Gasteiger partial charge in [0.25, 0.3) is 0 Å². The molecule has 2 atom stereocenters. The van der Waals surface area contributed by atoms with Crippen LogP contribution in [0.25, 0.3) is 0 Å². The normalized spacial score (nSPS) is 24.8. The number of nitrogens with zero attached hydrogens (tertiary/aromatic N) is 1. The van der Waals surface area contributed by atoms with Crippen molar-refractivity contribution in [2.24, 2.45) is 0 Å². The van der Waals surface area contributed by atoms with Crippen molar-refractivity contribution in [3.8, 4) is 5.75 Å². The molecule has 1 saturated heterocycles.